The van der Waals surface area contributed by atoms with E-state index in [0.29, 0.717) is 6.42 Å². The van der Waals surface area contributed by atoms with E-state index in [1.54, 1.807) is 7.11 Å². The summed E-state index contributed by atoms with van der Waals surface area (Å²) in [5.74, 6) is 2.56. The molecule has 1 aliphatic carbocycles. The molecule has 0 radical (unpaired) electrons. The standard InChI is InChI=1S/C35H34N2O3/c1-39-28-15-17-29(18-16-28)40-30-19-20-33-32(23-30)31-13-8-14-34(38)35(31)37(33)22-21-36(24-26-9-4-2-5-10-26)25-27-11-6-3-7-12-27/h2-7,9-12,15-20,23H,8,13-14,21-22,24-25H2,1H3. The van der Waals surface area contributed by atoms with Crippen molar-refractivity contribution in [3.8, 4) is 17.2 Å². The largest absolute Gasteiger partial charge is 0.497 e. The monoisotopic (exact) mass is 530 g/mol. The van der Waals surface area contributed by atoms with E-state index in [-0.39, 0.29) is 5.78 Å². The highest BCUT2D eigenvalue weighted by Crippen LogP contribution is 2.36. The van der Waals surface area contributed by atoms with E-state index in [0.717, 1.165) is 78.4 Å². The van der Waals surface area contributed by atoms with Gasteiger partial charge in [0.1, 0.15) is 17.2 Å². The van der Waals surface area contributed by atoms with Crippen LogP contribution in [0.3, 0.4) is 0 Å². The first-order valence-corrected chi connectivity index (χ1v) is 14.0. The fourth-order valence-corrected chi connectivity index (χ4v) is 5.73. The Balaban J connectivity index is 1.30. The van der Waals surface area contributed by atoms with Gasteiger partial charge in [-0.3, -0.25) is 9.69 Å². The van der Waals surface area contributed by atoms with Crippen molar-refractivity contribution >= 4 is 16.7 Å². The fourth-order valence-electron chi connectivity index (χ4n) is 5.73. The zero-order chi connectivity index (χ0) is 27.3. The Morgan fingerprint density at radius 2 is 1.38 bits per heavy atom. The summed E-state index contributed by atoms with van der Waals surface area (Å²) in [6.07, 6.45) is 2.41. The molecular formula is C35H34N2O3. The molecule has 0 spiro atoms. The molecule has 0 bridgehead atoms. The summed E-state index contributed by atoms with van der Waals surface area (Å²) < 4.78 is 13.7. The van der Waals surface area contributed by atoms with Crippen LogP contribution in [0.15, 0.2) is 103 Å². The summed E-state index contributed by atoms with van der Waals surface area (Å²) in [6.45, 7) is 3.28. The minimum atomic E-state index is 0.243. The molecule has 5 aromatic rings. The molecule has 0 saturated carbocycles. The van der Waals surface area contributed by atoms with Crippen LogP contribution in [-0.4, -0.2) is 28.9 Å². The summed E-state index contributed by atoms with van der Waals surface area (Å²) >= 11 is 0. The van der Waals surface area contributed by atoms with Gasteiger partial charge < -0.3 is 14.0 Å². The number of ether oxygens (including phenoxy) is 2. The molecule has 5 nitrogen and oxygen atoms in total. The smallest absolute Gasteiger partial charge is 0.179 e. The lowest BCUT2D eigenvalue weighted by Crippen LogP contribution is -2.28. The van der Waals surface area contributed by atoms with Gasteiger partial charge in [-0.15, -0.1) is 0 Å². The van der Waals surface area contributed by atoms with Gasteiger partial charge in [-0.05, 0) is 72.0 Å². The molecule has 40 heavy (non-hydrogen) atoms. The molecule has 1 heterocycles. The lowest BCUT2D eigenvalue weighted by Gasteiger charge is -2.24. The number of Topliss-reactive ketones (excluding diaryl/α,β-unsaturated/α-hetero) is 1. The third-order valence-electron chi connectivity index (χ3n) is 7.67. The highest BCUT2D eigenvalue weighted by Gasteiger charge is 2.26. The van der Waals surface area contributed by atoms with Gasteiger partial charge in [-0.25, -0.2) is 0 Å². The second kappa shape index (κ2) is 11.8. The first-order chi connectivity index (χ1) is 19.7. The molecule has 0 saturated heterocycles. The number of aromatic nitrogens is 1. The van der Waals surface area contributed by atoms with E-state index in [4.69, 9.17) is 9.47 Å². The molecule has 0 N–H and O–H groups in total. The van der Waals surface area contributed by atoms with Crippen LogP contribution < -0.4 is 9.47 Å². The van der Waals surface area contributed by atoms with Gasteiger partial charge in [0.05, 0.1) is 12.8 Å². The maximum Gasteiger partial charge on any atom is 0.179 e. The average molecular weight is 531 g/mol. The van der Waals surface area contributed by atoms with Gasteiger partial charge in [0.25, 0.3) is 0 Å². The fraction of sp³-hybridized carbons (Fsp3) is 0.229. The number of nitrogens with zero attached hydrogens (tertiary/aromatic N) is 2. The predicted octanol–water partition coefficient (Wildman–Crippen LogP) is 7.66. The van der Waals surface area contributed by atoms with Crippen molar-refractivity contribution in [1.29, 1.82) is 0 Å². The number of hydrogen-bond acceptors (Lipinski definition) is 4. The van der Waals surface area contributed by atoms with Crippen LogP contribution in [0.5, 0.6) is 17.2 Å². The molecule has 0 fully saturated rings. The Bertz CT molecular complexity index is 1550. The van der Waals surface area contributed by atoms with Gasteiger partial charge in [-0.2, -0.15) is 0 Å². The number of hydrogen-bond donors (Lipinski definition) is 0. The second-order valence-corrected chi connectivity index (χ2v) is 10.4. The van der Waals surface area contributed by atoms with Crippen LogP contribution in [-0.2, 0) is 26.1 Å². The Morgan fingerprint density at radius 1 is 0.750 bits per heavy atom. The van der Waals surface area contributed by atoms with Gasteiger partial charge in [-0.1, -0.05) is 60.7 Å². The van der Waals surface area contributed by atoms with Crippen molar-refractivity contribution in [2.45, 2.75) is 38.9 Å². The topological polar surface area (TPSA) is 43.7 Å². The highest BCUT2D eigenvalue weighted by atomic mass is 16.5. The lowest BCUT2D eigenvalue weighted by atomic mass is 9.94. The van der Waals surface area contributed by atoms with Crippen molar-refractivity contribution in [2.75, 3.05) is 13.7 Å². The molecule has 202 valence electrons. The number of aryl methyl sites for hydroxylation is 1. The van der Waals surface area contributed by atoms with Crippen LogP contribution >= 0.6 is 0 Å². The predicted molar refractivity (Wildman–Crippen MR) is 159 cm³/mol. The number of ketones is 1. The van der Waals surface area contributed by atoms with E-state index in [1.807, 2.05) is 30.3 Å². The maximum absolute atomic E-state index is 13.3. The normalized spacial score (nSPS) is 13.0. The molecule has 0 unspecified atom stereocenters. The number of fused-ring (bicyclic) bond motifs is 3. The summed E-state index contributed by atoms with van der Waals surface area (Å²) in [6, 6.07) is 35.0. The summed E-state index contributed by atoms with van der Waals surface area (Å²) in [5.41, 5.74) is 5.71. The van der Waals surface area contributed by atoms with E-state index >= 15 is 0 Å². The minimum Gasteiger partial charge on any atom is -0.497 e. The molecule has 0 amide bonds. The number of rotatable bonds is 10. The number of methoxy groups -OCH3 is 1. The summed E-state index contributed by atoms with van der Waals surface area (Å²) in [7, 11) is 1.65. The Kier molecular flexibility index (Phi) is 7.64. The van der Waals surface area contributed by atoms with Crippen LogP contribution in [0, 0.1) is 0 Å². The molecule has 0 atom stereocenters. The third kappa shape index (κ3) is 5.65. The highest BCUT2D eigenvalue weighted by molar-refractivity contribution is 6.04. The number of carbonyl (C=O) groups excluding carboxylic acids is 1. The minimum absolute atomic E-state index is 0.243. The molecule has 5 heteroatoms. The van der Waals surface area contributed by atoms with Gasteiger partial charge >= 0.3 is 0 Å². The van der Waals surface area contributed by atoms with Crippen molar-refractivity contribution in [3.05, 3.63) is 126 Å². The van der Waals surface area contributed by atoms with E-state index in [1.165, 1.54) is 11.1 Å². The van der Waals surface area contributed by atoms with Crippen LogP contribution in [0.1, 0.15) is 40.0 Å². The van der Waals surface area contributed by atoms with Crippen LogP contribution in [0.4, 0.5) is 0 Å². The Morgan fingerprint density at radius 3 is 2.02 bits per heavy atom. The first-order valence-electron chi connectivity index (χ1n) is 14.0. The summed E-state index contributed by atoms with van der Waals surface area (Å²) in [4.78, 5) is 15.7. The van der Waals surface area contributed by atoms with Crippen molar-refractivity contribution < 1.29 is 14.3 Å². The SMILES string of the molecule is COc1ccc(Oc2ccc3c(c2)c2c(n3CCN(Cc3ccccc3)Cc3ccccc3)C(=O)CCC2)cc1. The number of benzene rings is 4. The van der Waals surface area contributed by atoms with Gasteiger partial charge in [0, 0.05) is 43.5 Å². The summed E-state index contributed by atoms with van der Waals surface area (Å²) in [5, 5.41) is 1.12. The molecule has 0 aliphatic heterocycles. The molecule has 1 aromatic heterocycles. The molecule has 4 aromatic carbocycles. The number of carbonyl (C=O) groups is 1. The maximum atomic E-state index is 13.3. The lowest BCUT2D eigenvalue weighted by molar-refractivity contribution is 0.0962. The Hall–Kier alpha value is -4.35. The van der Waals surface area contributed by atoms with Gasteiger partial charge in [0.2, 0.25) is 0 Å². The van der Waals surface area contributed by atoms with Crippen LogP contribution in [0.2, 0.25) is 0 Å². The van der Waals surface area contributed by atoms with Crippen molar-refractivity contribution in [3.63, 3.8) is 0 Å². The molecule has 6 rings (SSSR count). The second-order valence-electron chi connectivity index (χ2n) is 10.4. The average Bonchev–Trinajstić information content (AvgIpc) is 3.31. The van der Waals surface area contributed by atoms with E-state index < -0.39 is 0 Å². The van der Waals surface area contributed by atoms with E-state index in [9.17, 15) is 4.79 Å². The molecule has 1 aliphatic rings. The zero-order valence-electron chi connectivity index (χ0n) is 22.9. The molecular weight excluding hydrogens is 496 g/mol. The first kappa shape index (κ1) is 25.9. The van der Waals surface area contributed by atoms with Crippen molar-refractivity contribution in [2.24, 2.45) is 0 Å². The zero-order valence-corrected chi connectivity index (χ0v) is 22.9. The van der Waals surface area contributed by atoms with E-state index in [2.05, 4.69) is 82.3 Å². The third-order valence-corrected chi connectivity index (χ3v) is 7.67. The van der Waals surface area contributed by atoms with Gasteiger partial charge in [0.15, 0.2) is 5.78 Å². The van der Waals surface area contributed by atoms with Crippen LogP contribution in [0.25, 0.3) is 10.9 Å². The Labute approximate surface area is 235 Å². The van der Waals surface area contributed by atoms with Crippen molar-refractivity contribution in [1.82, 2.24) is 9.47 Å². The quantitative estimate of drug-likeness (QED) is 0.186.